The molecule has 29 heavy (non-hydrogen) atoms. The van der Waals surface area contributed by atoms with Gasteiger partial charge in [-0.05, 0) is 38.9 Å². The Morgan fingerprint density at radius 2 is 2.03 bits per heavy atom. The second kappa shape index (κ2) is 8.37. The summed E-state index contributed by atoms with van der Waals surface area (Å²) in [4.78, 5) is 26.8. The molecule has 1 saturated heterocycles. The van der Waals surface area contributed by atoms with Crippen molar-refractivity contribution in [3.8, 4) is 11.5 Å². The van der Waals surface area contributed by atoms with Crippen molar-refractivity contribution in [1.29, 1.82) is 0 Å². The van der Waals surface area contributed by atoms with Gasteiger partial charge in [0.15, 0.2) is 23.4 Å². The molecular formula is C22H28N4O3. The third kappa shape index (κ3) is 4.05. The third-order valence-electron chi connectivity index (χ3n) is 5.70. The normalized spacial score (nSPS) is 20.2. The fraction of sp³-hybridized carbons (Fsp3) is 0.500. The van der Waals surface area contributed by atoms with Gasteiger partial charge in [-0.25, -0.2) is 9.97 Å². The summed E-state index contributed by atoms with van der Waals surface area (Å²) in [6, 6.07) is 7.29. The maximum absolute atomic E-state index is 13.2. The van der Waals surface area contributed by atoms with Crippen LogP contribution in [0.5, 0.6) is 11.5 Å². The number of hydrogen-bond acceptors (Lipinski definition) is 6. The van der Waals surface area contributed by atoms with Crippen LogP contribution in [0.1, 0.15) is 42.9 Å². The standard InChI is InChI=1S/C22H28N4O3/c1-15(29-20-9-5-4-8-19(20)28-3)22(27)26-11-6-7-18(26)21-23-13-16-14-25(2)12-10-17(16)24-21/h4-5,8-9,13,15,18H,6-7,10-12,14H2,1-3H3. The number of nitrogens with zero attached hydrogens (tertiary/aromatic N) is 4. The van der Waals surface area contributed by atoms with Crippen molar-refractivity contribution < 1.29 is 14.3 Å². The first-order valence-electron chi connectivity index (χ1n) is 10.2. The van der Waals surface area contributed by atoms with Gasteiger partial charge in [-0.1, -0.05) is 12.1 Å². The van der Waals surface area contributed by atoms with Gasteiger partial charge in [0.2, 0.25) is 0 Å². The molecule has 7 heteroatoms. The van der Waals surface area contributed by atoms with Crippen molar-refractivity contribution in [2.45, 2.75) is 44.9 Å². The lowest BCUT2D eigenvalue weighted by atomic mass is 10.1. The Labute approximate surface area is 171 Å². The molecule has 3 heterocycles. The molecule has 0 radical (unpaired) electrons. The van der Waals surface area contributed by atoms with Gasteiger partial charge < -0.3 is 19.3 Å². The van der Waals surface area contributed by atoms with Gasteiger partial charge in [-0.15, -0.1) is 0 Å². The largest absolute Gasteiger partial charge is 0.493 e. The van der Waals surface area contributed by atoms with E-state index in [1.807, 2.05) is 35.4 Å². The smallest absolute Gasteiger partial charge is 0.263 e. The number of hydrogen-bond donors (Lipinski definition) is 0. The van der Waals surface area contributed by atoms with Crippen LogP contribution < -0.4 is 9.47 Å². The van der Waals surface area contributed by atoms with Crippen molar-refractivity contribution in [1.82, 2.24) is 19.8 Å². The molecule has 2 aromatic rings. The molecule has 2 unspecified atom stereocenters. The maximum Gasteiger partial charge on any atom is 0.263 e. The molecule has 0 saturated carbocycles. The summed E-state index contributed by atoms with van der Waals surface area (Å²) in [6.07, 6.45) is 4.07. The number of benzene rings is 1. The molecule has 154 valence electrons. The number of para-hydroxylation sites is 2. The fourth-order valence-electron chi connectivity index (χ4n) is 4.12. The molecule has 0 spiro atoms. The highest BCUT2D eigenvalue weighted by Gasteiger charge is 2.35. The molecule has 1 fully saturated rings. The van der Waals surface area contributed by atoms with Gasteiger partial charge in [-0.3, -0.25) is 4.79 Å². The first-order chi connectivity index (χ1) is 14.1. The number of carbonyl (C=O) groups is 1. The maximum atomic E-state index is 13.2. The highest BCUT2D eigenvalue weighted by atomic mass is 16.5. The zero-order valence-corrected chi connectivity index (χ0v) is 17.3. The average Bonchev–Trinajstić information content (AvgIpc) is 3.23. The van der Waals surface area contributed by atoms with Crippen LogP contribution in [0.15, 0.2) is 30.5 Å². The van der Waals surface area contributed by atoms with E-state index in [9.17, 15) is 4.79 Å². The van der Waals surface area contributed by atoms with E-state index < -0.39 is 6.10 Å². The van der Waals surface area contributed by atoms with Gasteiger partial charge >= 0.3 is 0 Å². The molecule has 0 N–H and O–H groups in total. The molecule has 2 aliphatic heterocycles. The SMILES string of the molecule is COc1ccccc1OC(C)C(=O)N1CCCC1c1ncc2c(n1)CCN(C)C2. The van der Waals surface area contributed by atoms with Crippen LogP contribution >= 0.6 is 0 Å². The minimum Gasteiger partial charge on any atom is -0.493 e. The van der Waals surface area contributed by atoms with Gasteiger partial charge in [0.1, 0.15) is 0 Å². The van der Waals surface area contributed by atoms with Crippen LogP contribution in [0.3, 0.4) is 0 Å². The molecule has 4 rings (SSSR count). The highest BCUT2D eigenvalue weighted by molar-refractivity contribution is 5.81. The van der Waals surface area contributed by atoms with E-state index in [1.165, 1.54) is 5.56 Å². The Morgan fingerprint density at radius 1 is 1.24 bits per heavy atom. The van der Waals surface area contributed by atoms with Gasteiger partial charge in [0, 0.05) is 43.5 Å². The van der Waals surface area contributed by atoms with Gasteiger partial charge in [-0.2, -0.15) is 0 Å². The van der Waals surface area contributed by atoms with E-state index >= 15 is 0 Å². The number of amides is 1. The van der Waals surface area contributed by atoms with Crippen molar-refractivity contribution in [2.24, 2.45) is 0 Å². The molecule has 1 amide bonds. The molecule has 0 bridgehead atoms. The van der Waals surface area contributed by atoms with Crippen molar-refractivity contribution in [3.63, 3.8) is 0 Å². The monoisotopic (exact) mass is 396 g/mol. The number of likely N-dealkylation sites (N-methyl/N-ethyl adjacent to an activating group) is 1. The fourth-order valence-corrected chi connectivity index (χ4v) is 4.12. The predicted octanol–water partition coefficient (Wildman–Crippen LogP) is 2.60. The summed E-state index contributed by atoms with van der Waals surface area (Å²) in [6.45, 7) is 4.37. The van der Waals surface area contributed by atoms with E-state index in [4.69, 9.17) is 14.5 Å². The second-order valence-electron chi connectivity index (χ2n) is 7.79. The lowest BCUT2D eigenvalue weighted by Crippen LogP contribution is -2.40. The van der Waals surface area contributed by atoms with E-state index in [2.05, 4.69) is 16.9 Å². The Bertz CT molecular complexity index is 888. The zero-order valence-electron chi connectivity index (χ0n) is 17.3. The Morgan fingerprint density at radius 3 is 2.83 bits per heavy atom. The number of likely N-dealkylation sites (tertiary alicyclic amines) is 1. The Balaban J connectivity index is 1.50. The number of rotatable bonds is 5. The quantitative estimate of drug-likeness (QED) is 0.774. The summed E-state index contributed by atoms with van der Waals surface area (Å²) in [5.74, 6) is 1.90. The summed E-state index contributed by atoms with van der Waals surface area (Å²) < 4.78 is 11.3. The third-order valence-corrected chi connectivity index (χ3v) is 5.70. The number of fused-ring (bicyclic) bond motifs is 1. The van der Waals surface area contributed by atoms with Gasteiger partial charge in [0.05, 0.1) is 13.2 Å². The van der Waals surface area contributed by atoms with E-state index in [0.29, 0.717) is 18.0 Å². The molecule has 2 atom stereocenters. The van der Waals surface area contributed by atoms with Crippen molar-refractivity contribution in [3.05, 3.63) is 47.5 Å². The highest BCUT2D eigenvalue weighted by Crippen LogP contribution is 2.33. The molecule has 1 aromatic carbocycles. The van der Waals surface area contributed by atoms with Crippen LogP contribution in [-0.4, -0.2) is 59.0 Å². The number of carbonyl (C=O) groups excluding carboxylic acids is 1. The number of aromatic nitrogens is 2. The van der Waals surface area contributed by atoms with Crippen LogP contribution in [0.25, 0.3) is 0 Å². The molecule has 1 aromatic heterocycles. The summed E-state index contributed by atoms with van der Waals surface area (Å²) in [5.41, 5.74) is 2.30. The molecular weight excluding hydrogens is 368 g/mol. The molecule has 0 aliphatic carbocycles. The lowest BCUT2D eigenvalue weighted by Gasteiger charge is -2.28. The summed E-state index contributed by atoms with van der Waals surface area (Å²) in [5, 5.41) is 0. The summed E-state index contributed by atoms with van der Waals surface area (Å²) in [7, 11) is 3.70. The molecule has 7 nitrogen and oxygen atoms in total. The minimum atomic E-state index is -0.613. The number of methoxy groups -OCH3 is 1. The lowest BCUT2D eigenvalue weighted by molar-refractivity contribution is -0.139. The number of ether oxygens (including phenoxy) is 2. The van der Waals surface area contributed by atoms with Crippen LogP contribution in [0, 0.1) is 0 Å². The Hall–Kier alpha value is -2.67. The van der Waals surface area contributed by atoms with Crippen molar-refractivity contribution in [2.75, 3.05) is 27.2 Å². The van der Waals surface area contributed by atoms with Crippen LogP contribution in [-0.2, 0) is 17.8 Å². The zero-order chi connectivity index (χ0) is 20.4. The Kier molecular flexibility index (Phi) is 5.67. The first-order valence-corrected chi connectivity index (χ1v) is 10.2. The average molecular weight is 396 g/mol. The van der Waals surface area contributed by atoms with E-state index in [1.54, 1.807) is 14.0 Å². The second-order valence-corrected chi connectivity index (χ2v) is 7.79. The van der Waals surface area contributed by atoms with Crippen LogP contribution in [0.4, 0.5) is 0 Å². The first kappa shape index (κ1) is 19.6. The van der Waals surface area contributed by atoms with Crippen molar-refractivity contribution >= 4 is 5.91 Å². The van der Waals surface area contributed by atoms with E-state index in [-0.39, 0.29) is 11.9 Å². The predicted molar refractivity (Wildman–Crippen MR) is 109 cm³/mol. The van der Waals surface area contributed by atoms with E-state index in [0.717, 1.165) is 43.9 Å². The van der Waals surface area contributed by atoms with Crippen LogP contribution in [0.2, 0.25) is 0 Å². The topological polar surface area (TPSA) is 67.8 Å². The minimum absolute atomic E-state index is 0.0422. The van der Waals surface area contributed by atoms with Gasteiger partial charge in [0.25, 0.3) is 5.91 Å². The summed E-state index contributed by atoms with van der Waals surface area (Å²) >= 11 is 0. The molecule has 2 aliphatic rings.